The van der Waals surface area contributed by atoms with Gasteiger partial charge in [0.15, 0.2) is 11.5 Å². The van der Waals surface area contributed by atoms with Crippen LogP contribution in [0.3, 0.4) is 0 Å². The number of rotatable bonds is 6. The summed E-state index contributed by atoms with van der Waals surface area (Å²) < 4.78 is 12.3. The average Bonchev–Trinajstić information content (AvgIpc) is 3.36. The van der Waals surface area contributed by atoms with Crippen molar-refractivity contribution in [2.75, 3.05) is 27.2 Å². The summed E-state index contributed by atoms with van der Waals surface area (Å²) in [6.45, 7) is 2.67. The van der Waals surface area contributed by atoms with Gasteiger partial charge in [-0.1, -0.05) is 15.9 Å². The van der Waals surface area contributed by atoms with Crippen molar-refractivity contribution in [1.82, 2.24) is 9.80 Å². The summed E-state index contributed by atoms with van der Waals surface area (Å²) >= 11 is 3.40. The zero-order chi connectivity index (χ0) is 21.6. The number of carbonyl (C=O) groups is 2. The standard InChI is InChI=1S/C22H21BrN2O5/c1-12-4-6-16(29-12)19-18(21(27)22(28)25(19)9-8-24(2)3)20(26)17-11-13-10-14(23)5-7-15(13)30-17/h4-7,10-11,19,27H,8-9H2,1-3H3. The van der Waals surface area contributed by atoms with Crippen molar-refractivity contribution in [3.63, 3.8) is 0 Å². The van der Waals surface area contributed by atoms with Crippen LogP contribution in [0.5, 0.6) is 0 Å². The van der Waals surface area contributed by atoms with Gasteiger partial charge in [-0.05, 0) is 57.4 Å². The Labute approximate surface area is 181 Å². The fourth-order valence-electron chi connectivity index (χ4n) is 3.58. The Bertz CT molecular complexity index is 1170. The van der Waals surface area contributed by atoms with Crippen molar-refractivity contribution in [3.05, 3.63) is 69.5 Å². The molecule has 30 heavy (non-hydrogen) atoms. The van der Waals surface area contributed by atoms with E-state index in [0.717, 1.165) is 9.86 Å². The molecular formula is C22H21BrN2O5. The van der Waals surface area contributed by atoms with E-state index >= 15 is 0 Å². The van der Waals surface area contributed by atoms with Gasteiger partial charge < -0.3 is 23.7 Å². The molecule has 1 aromatic carbocycles. The Morgan fingerprint density at radius 2 is 1.97 bits per heavy atom. The van der Waals surface area contributed by atoms with Crippen LogP contribution in [0.2, 0.25) is 0 Å². The van der Waals surface area contributed by atoms with E-state index in [1.54, 1.807) is 31.2 Å². The maximum absolute atomic E-state index is 13.4. The van der Waals surface area contributed by atoms with Crippen LogP contribution in [-0.2, 0) is 4.79 Å². The first-order valence-corrected chi connectivity index (χ1v) is 10.2. The van der Waals surface area contributed by atoms with Gasteiger partial charge in [-0.25, -0.2) is 0 Å². The molecule has 0 bridgehead atoms. The second-order valence-electron chi connectivity index (χ2n) is 7.54. The minimum atomic E-state index is -0.821. The van der Waals surface area contributed by atoms with Crippen LogP contribution in [0.1, 0.15) is 28.1 Å². The second-order valence-corrected chi connectivity index (χ2v) is 8.45. The number of benzene rings is 1. The molecule has 1 aliphatic rings. The number of aryl methyl sites for hydroxylation is 1. The van der Waals surface area contributed by atoms with Crippen molar-refractivity contribution in [1.29, 1.82) is 0 Å². The fourth-order valence-corrected chi connectivity index (χ4v) is 3.96. The number of nitrogens with zero attached hydrogens (tertiary/aromatic N) is 2. The first kappa shape index (κ1) is 20.4. The van der Waals surface area contributed by atoms with E-state index < -0.39 is 23.5 Å². The van der Waals surface area contributed by atoms with E-state index in [-0.39, 0.29) is 11.3 Å². The number of carbonyl (C=O) groups excluding carboxylic acids is 2. The Morgan fingerprint density at radius 3 is 2.63 bits per heavy atom. The van der Waals surface area contributed by atoms with Crippen LogP contribution in [0, 0.1) is 6.92 Å². The minimum absolute atomic E-state index is 0.0359. The highest BCUT2D eigenvalue weighted by atomic mass is 79.9. The zero-order valence-corrected chi connectivity index (χ0v) is 18.4. The second kappa shape index (κ2) is 7.77. The highest BCUT2D eigenvalue weighted by molar-refractivity contribution is 9.10. The summed E-state index contributed by atoms with van der Waals surface area (Å²) in [5.41, 5.74) is 0.507. The summed E-state index contributed by atoms with van der Waals surface area (Å²) in [6, 6.07) is 9.67. The predicted octanol–water partition coefficient (Wildman–Crippen LogP) is 4.24. The Hall–Kier alpha value is -2.84. The lowest BCUT2D eigenvalue weighted by atomic mass is 9.99. The number of likely N-dealkylation sites (N-methyl/N-ethyl adjacent to an activating group) is 1. The number of furan rings is 2. The minimum Gasteiger partial charge on any atom is -0.503 e. The Morgan fingerprint density at radius 1 is 1.20 bits per heavy atom. The van der Waals surface area contributed by atoms with Gasteiger partial charge in [-0.2, -0.15) is 0 Å². The van der Waals surface area contributed by atoms with Gasteiger partial charge in [-0.15, -0.1) is 0 Å². The quantitative estimate of drug-likeness (QED) is 0.539. The fraction of sp³-hybridized carbons (Fsp3) is 0.273. The first-order chi connectivity index (χ1) is 14.3. The smallest absolute Gasteiger partial charge is 0.290 e. The number of halogens is 1. The van der Waals surface area contributed by atoms with Crippen molar-refractivity contribution < 1.29 is 23.5 Å². The third-order valence-corrected chi connectivity index (χ3v) is 5.56. The molecule has 4 rings (SSSR count). The van der Waals surface area contributed by atoms with Gasteiger partial charge in [0.2, 0.25) is 5.78 Å². The summed E-state index contributed by atoms with van der Waals surface area (Å²) in [5, 5.41) is 11.4. The Balaban J connectivity index is 1.77. The van der Waals surface area contributed by atoms with Crippen LogP contribution in [0.4, 0.5) is 0 Å². The van der Waals surface area contributed by atoms with Crippen LogP contribution in [0.25, 0.3) is 11.0 Å². The molecule has 0 aliphatic carbocycles. The lowest BCUT2D eigenvalue weighted by Gasteiger charge is -2.26. The number of hydrogen-bond donors (Lipinski definition) is 1. The topological polar surface area (TPSA) is 87.1 Å². The Kier molecular flexibility index (Phi) is 5.29. The summed E-state index contributed by atoms with van der Waals surface area (Å²) in [7, 11) is 3.77. The lowest BCUT2D eigenvalue weighted by Crippen LogP contribution is -2.36. The maximum atomic E-state index is 13.4. The van der Waals surface area contributed by atoms with Crippen molar-refractivity contribution in [3.8, 4) is 0 Å². The number of Topliss-reactive ketones (excluding diaryl/α,β-unsaturated/α-hetero) is 1. The molecule has 0 saturated heterocycles. The van der Waals surface area contributed by atoms with Crippen molar-refractivity contribution in [2.24, 2.45) is 0 Å². The van der Waals surface area contributed by atoms with E-state index in [1.807, 2.05) is 31.1 Å². The predicted molar refractivity (Wildman–Crippen MR) is 114 cm³/mol. The van der Waals surface area contributed by atoms with E-state index in [1.165, 1.54) is 4.90 Å². The first-order valence-electron chi connectivity index (χ1n) is 9.45. The molecule has 3 aromatic rings. The van der Waals surface area contributed by atoms with Gasteiger partial charge in [0.1, 0.15) is 23.1 Å². The summed E-state index contributed by atoms with van der Waals surface area (Å²) in [6.07, 6.45) is 0. The zero-order valence-electron chi connectivity index (χ0n) is 16.8. The largest absolute Gasteiger partial charge is 0.503 e. The molecule has 1 atom stereocenters. The molecule has 1 N–H and O–H groups in total. The van der Waals surface area contributed by atoms with Crippen LogP contribution in [0.15, 0.2) is 61.0 Å². The number of aliphatic hydroxyl groups excluding tert-OH is 1. The number of hydrogen-bond acceptors (Lipinski definition) is 6. The van der Waals surface area contributed by atoms with Gasteiger partial charge in [0, 0.05) is 22.9 Å². The molecule has 0 radical (unpaired) electrons. The molecular weight excluding hydrogens is 452 g/mol. The SMILES string of the molecule is Cc1ccc(C2C(C(=O)c3cc4cc(Br)ccc4o3)=C(O)C(=O)N2CCN(C)C)o1. The molecule has 1 amide bonds. The van der Waals surface area contributed by atoms with Gasteiger partial charge >= 0.3 is 0 Å². The lowest BCUT2D eigenvalue weighted by molar-refractivity contribution is -0.129. The van der Waals surface area contributed by atoms with Crippen molar-refractivity contribution in [2.45, 2.75) is 13.0 Å². The monoisotopic (exact) mass is 472 g/mol. The third-order valence-electron chi connectivity index (χ3n) is 5.07. The molecule has 8 heteroatoms. The van der Waals surface area contributed by atoms with Crippen LogP contribution >= 0.6 is 15.9 Å². The van der Waals surface area contributed by atoms with E-state index in [4.69, 9.17) is 8.83 Å². The summed E-state index contributed by atoms with van der Waals surface area (Å²) in [4.78, 5) is 29.6. The van der Waals surface area contributed by atoms with Gasteiger partial charge in [0.25, 0.3) is 5.91 Å². The average molecular weight is 473 g/mol. The normalized spacial score (nSPS) is 17.0. The molecule has 3 heterocycles. The van der Waals surface area contributed by atoms with Crippen molar-refractivity contribution >= 4 is 38.6 Å². The molecule has 1 aliphatic heterocycles. The summed E-state index contributed by atoms with van der Waals surface area (Å²) in [5.74, 6) is -0.583. The van der Waals surface area contributed by atoms with E-state index in [0.29, 0.717) is 30.2 Å². The molecule has 156 valence electrons. The van der Waals surface area contributed by atoms with Crippen LogP contribution < -0.4 is 0 Å². The maximum Gasteiger partial charge on any atom is 0.290 e. The molecule has 1 unspecified atom stereocenters. The highest BCUT2D eigenvalue weighted by Gasteiger charge is 2.45. The molecule has 0 saturated carbocycles. The van der Waals surface area contributed by atoms with E-state index in [2.05, 4.69) is 15.9 Å². The van der Waals surface area contributed by atoms with Crippen LogP contribution in [-0.4, -0.2) is 53.8 Å². The van der Waals surface area contributed by atoms with E-state index in [9.17, 15) is 14.7 Å². The molecule has 0 fully saturated rings. The number of ketones is 1. The third kappa shape index (κ3) is 3.57. The number of aliphatic hydroxyl groups is 1. The molecule has 0 spiro atoms. The van der Waals surface area contributed by atoms with Gasteiger partial charge in [0.05, 0.1) is 5.57 Å². The molecule has 7 nitrogen and oxygen atoms in total. The van der Waals surface area contributed by atoms with Gasteiger partial charge in [-0.3, -0.25) is 9.59 Å². The highest BCUT2D eigenvalue weighted by Crippen LogP contribution is 2.40. The molecule has 2 aromatic heterocycles. The number of fused-ring (bicyclic) bond motifs is 1. The number of amides is 1.